The number of rotatable bonds is 22. The van der Waals surface area contributed by atoms with Crippen LogP contribution in [0.3, 0.4) is 0 Å². The van der Waals surface area contributed by atoms with Gasteiger partial charge in [-0.2, -0.15) is 0 Å². The summed E-state index contributed by atoms with van der Waals surface area (Å²) in [5.74, 6) is -0.478. The molecule has 1 rings (SSSR count). The van der Waals surface area contributed by atoms with E-state index in [1.165, 1.54) is 109 Å². The summed E-state index contributed by atoms with van der Waals surface area (Å²) in [6.45, 7) is 2.28. The van der Waals surface area contributed by atoms with E-state index in [0.717, 1.165) is 12.8 Å². The molecule has 0 heterocycles. The number of unbranched alkanes of at least 4 members (excludes halogenated alkanes) is 18. The minimum Gasteiger partial charge on any atom is -0.366 e. The Morgan fingerprint density at radius 2 is 1.09 bits per heavy atom. The molecule has 33 heavy (non-hydrogen) atoms. The van der Waals surface area contributed by atoms with Crippen LogP contribution in [0.2, 0.25) is 0 Å². The van der Waals surface area contributed by atoms with Crippen LogP contribution in [0.25, 0.3) is 0 Å². The van der Waals surface area contributed by atoms with Gasteiger partial charge in [0.05, 0.1) is 0 Å². The van der Waals surface area contributed by atoms with Crippen molar-refractivity contribution in [3.8, 4) is 0 Å². The monoisotopic (exact) mass is 458 g/mol. The number of anilines is 1. The molecule has 0 bridgehead atoms. The van der Waals surface area contributed by atoms with Crippen LogP contribution in [-0.4, -0.2) is 11.8 Å². The summed E-state index contributed by atoms with van der Waals surface area (Å²) >= 11 is 0. The number of nitrogens with two attached hydrogens (primary N) is 1. The molecule has 0 aliphatic rings. The molecule has 3 N–H and O–H groups in total. The molecule has 4 heteroatoms. The number of primary amides is 1. The Bertz CT molecular complexity index is 630. The van der Waals surface area contributed by atoms with Gasteiger partial charge in [-0.25, -0.2) is 0 Å². The molecule has 0 saturated carbocycles. The molecule has 1 aromatic rings. The summed E-state index contributed by atoms with van der Waals surface area (Å²) in [5, 5.41) is 2.85. The number of nitrogens with one attached hydrogen (secondary N) is 1. The van der Waals surface area contributed by atoms with Crippen LogP contribution < -0.4 is 11.1 Å². The van der Waals surface area contributed by atoms with Crippen molar-refractivity contribution in [2.45, 2.75) is 135 Å². The Hall–Kier alpha value is -1.84. The third-order valence-corrected chi connectivity index (χ3v) is 6.44. The van der Waals surface area contributed by atoms with Gasteiger partial charge in [-0.15, -0.1) is 0 Å². The third kappa shape index (κ3) is 17.3. The second kappa shape index (κ2) is 20.7. The minimum absolute atomic E-state index is 0.00333. The Morgan fingerprint density at radius 3 is 1.52 bits per heavy atom. The van der Waals surface area contributed by atoms with E-state index in [1.807, 2.05) is 0 Å². The Morgan fingerprint density at radius 1 is 0.667 bits per heavy atom. The number of benzene rings is 1. The van der Waals surface area contributed by atoms with Gasteiger partial charge in [0.25, 0.3) is 0 Å². The lowest BCUT2D eigenvalue weighted by atomic mass is 10.0. The van der Waals surface area contributed by atoms with Gasteiger partial charge in [0.15, 0.2) is 0 Å². The van der Waals surface area contributed by atoms with E-state index in [0.29, 0.717) is 17.7 Å². The maximum atomic E-state index is 12.0. The molecule has 0 aliphatic heterocycles. The predicted octanol–water partition coefficient (Wildman–Crippen LogP) is 8.55. The lowest BCUT2D eigenvalue weighted by Gasteiger charge is -2.06. The van der Waals surface area contributed by atoms with Gasteiger partial charge < -0.3 is 11.1 Å². The Labute approximate surface area is 203 Å². The molecule has 0 atom stereocenters. The van der Waals surface area contributed by atoms with Gasteiger partial charge in [-0.3, -0.25) is 9.59 Å². The molecule has 2 amide bonds. The SMILES string of the molecule is CCCCCCCCCCCCCCCCCCCCCC(=O)Nc1cccc(C(N)=O)c1. The summed E-state index contributed by atoms with van der Waals surface area (Å²) in [6, 6.07) is 6.78. The molecule has 0 aromatic heterocycles. The first kappa shape index (κ1) is 29.2. The number of hydrogen-bond acceptors (Lipinski definition) is 2. The first-order chi connectivity index (χ1) is 16.1. The van der Waals surface area contributed by atoms with Crippen LogP contribution in [0.15, 0.2) is 24.3 Å². The maximum absolute atomic E-state index is 12.0. The van der Waals surface area contributed by atoms with Crippen LogP contribution >= 0.6 is 0 Å². The second-order valence-corrected chi connectivity index (χ2v) is 9.61. The second-order valence-electron chi connectivity index (χ2n) is 9.61. The first-order valence-electron chi connectivity index (χ1n) is 13.8. The topological polar surface area (TPSA) is 72.2 Å². The molecule has 4 nitrogen and oxygen atoms in total. The van der Waals surface area contributed by atoms with Crippen molar-refractivity contribution in [2.24, 2.45) is 5.73 Å². The Balaban J connectivity index is 1.82. The highest BCUT2D eigenvalue weighted by Gasteiger charge is 2.05. The molecule has 0 aliphatic carbocycles. The predicted molar refractivity (Wildman–Crippen MR) is 142 cm³/mol. The fraction of sp³-hybridized carbons (Fsp3) is 0.724. The van der Waals surface area contributed by atoms with E-state index in [9.17, 15) is 9.59 Å². The Kier molecular flexibility index (Phi) is 18.4. The van der Waals surface area contributed by atoms with Gasteiger partial charge in [-0.05, 0) is 24.6 Å². The van der Waals surface area contributed by atoms with Gasteiger partial charge in [0.1, 0.15) is 0 Å². The molecule has 1 aromatic carbocycles. The average molecular weight is 459 g/mol. The smallest absolute Gasteiger partial charge is 0.248 e. The summed E-state index contributed by atoms with van der Waals surface area (Å²) in [6.07, 6.45) is 26.2. The molecule has 0 saturated heterocycles. The highest BCUT2D eigenvalue weighted by molar-refractivity contribution is 5.96. The summed E-state index contributed by atoms with van der Waals surface area (Å²) in [7, 11) is 0. The zero-order valence-electron chi connectivity index (χ0n) is 21.3. The molecule has 188 valence electrons. The quantitative estimate of drug-likeness (QED) is 0.171. The van der Waals surface area contributed by atoms with E-state index in [-0.39, 0.29) is 5.91 Å². The fourth-order valence-corrected chi connectivity index (χ4v) is 4.34. The third-order valence-electron chi connectivity index (χ3n) is 6.44. The van der Waals surface area contributed by atoms with Gasteiger partial charge >= 0.3 is 0 Å². The van der Waals surface area contributed by atoms with Crippen LogP contribution in [-0.2, 0) is 4.79 Å². The number of amides is 2. The first-order valence-corrected chi connectivity index (χ1v) is 13.8. The zero-order valence-corrected chi connectivity index (χ0v) is 21.3. The fourth-order valence-electron chi connectivity index (χ4n) is 4.34. The minimum atomic E-state index is -0.482. The molecule has 0 radical (unpaired) electrons. The lowest BCUT2D eigenvalue weighted by molar-refractivity contribution is -0.116. The number of hydrogen-bond donors (Lipinski definition) is 2. The summed E-state index contributed by atoms with van der Waals surface area (Å²) < 4.78 is 0. The highest BCUT2D eigenvalue weighted by atomic mass is 16.2. The van der Waals surface area contributed by atoms with Crippen molar-refractivity contribution in [1.82, 2.24) is 0 Å². The van der Waals surface area contributed by atoms with Crippen molar-refractivity contribution in [2.75, 3.05) is 5.32 Å². The molecule has 0 unspecified atom stereocenters. The lowest BCUT2D eigenvalue weighted by Crippen LogP contribution is -2.14. The van der Waals surface area contributed by atoms with Crippen LogP contribution in [0.4, 0.5) is 5.69 Å². The van der Waals surface area contributed by atoms with E-state index in [1.54, 1.807) is 24.3 Å². The average Bonchev–Trinajstić information content (AvgIpc) is 2.80. The van der Waals surface area contributed by atoms with Crippen molar-refractivity contribution < 1.29 is 9.59 Å². The molecular formula is C29H50N2O2. The van der Waals surface area contributed by atoms with Gasteiger partial charge in [0, 0.05) is 17.7 Å². The van der Waals surface area contributed by atoms with E-state index in [4.69, 9.17) is 5.73 Å². The van der Waals surface area contributed by atoms with E-state index >= 15 is 0 Å². The standard InChI is InChI=1S/C29H50N2O2/c1-2-3-4-5-6-7-8-9-10-11-12-13-14-15-16-17-18-19-20-24-28(32)31-27-23-21-22-26(25-27)29(30)33/h21-23,25H,2-20,24H2,1H3,(H2,30,33)(H,31,32). The van der Waals surface area contributed by atoms with E-state index in [2.05, 4.69) is 12.2 Å². The molecule has 0 spiro atoms. The van der Waals surface area contributed by atoms with E-state index < -0.39 is 5.91 Å². The number of carbonyl (C=O) groups excluding carboxylic acids is 2. The van der Waals surface area contributed by atoms with Crippen molar-refractivity contribution in [3.05, 3.63) is 29.8 Å². The largest absolute Gasteiger partial charge is 0.366 e. The van der Waals surface area contributed by atoms with Crippen LogP contribution in [0.5, 0.6) is 0 Å². The maximum Gasteiger partial charge on any atom is 0.248 e. The summed E-state index contributed by atoms with van der Waals surface area (Å²) in [5.41, 5.74) is 6.32. The molecule has 0 fully saturated rings. The van der Waals surface area contributed by atoms with Crippen LogP contribution in [0, 0.1) is 0 Å². The number of carbonyl (C=O) groups is 2. The van der Waals surface area contributed by atoms with Crippen molar-refractivity contribution in [3.63, 3.8) is 0 Å². The normalized spacial score (nSPS) is 10.9. The summed E-state index contributed by atoms with van der Waals surface area (Å²) in [4.78, 5) is 23.3. The van der Waals surface area contributed by atoms with Crippen molar-refractivity contribution in [1.29, 1.82) is 0 Å². The molecular weight excluding hydrogens is 408 g/mol. The van der Waals surface area contributed by atoms with Crippen molar-refractivity contribution >= 4 is 17.5 Å². The van der Waals surface area contributed by atoms with Gasteiger partial charge in [-0.1, -0.05) is 129 Å². The van der Waals surface area contributed by atoms with Gasteiger partial charge in [0.2, 0.25) is 11.8 Å². The highest BCUT2D eigenvalue weighted by Crippen LogP contribution is 2.15. The zero-order chi connectivity index (χ0) is 24.0. The van der Waals surface area contributed by atoms with Crippen LogP contribution in [0.1, 0.15) is 146 Å².